The van der Waals surface area contributed by atoms with E-state index >= 15 is 0 Å². The number of Topliss-reactive ketones (excluding diaryl/α,β-unsaturated/α-hetero) is 1. The van der Waals surface area contributed by atoms with Crippen molar-refractivity contribution in [1.82, 2.24) is 0 Å². The number of carbonyl (C=O) groups is 1. The molecule has 1 atom stereocenters. The van der Waals surface area contributed by atoms with Crippen molar-refractivity contribution in [1.29, 1.82) is 0 Å². The van der Waals surface area contributed by atoms with E-state index in [0.717, 1.165) is 5.57 Å². The van der Waals surface area contributed by atoms with E-state index in [4.69, 9.17) is 9.79 Å². The summed E-state index contributed by atoms with van der Waals surface area (Å²) in [5.41, 5.74) is 1.34. The summed E-state index contributed by atoms with van der Waals surface area (Å²) in [5.74, 6) is -0.558. The topological polar surface area (TPSA) is 104 Å². The minimum atomic E-state index is -4.66. The summed E-state index contributed by atoms with van der Waals surface area (Å²) in [6.07, 6.45) is -0.156. The maximum Gasteiger partial charge on any atom is 0.469 e. The predicted octanol–water partition coefficient (Wildman–Crippen LogP) is 1.16. The van der Waals surface area contributed by atoms with Crippen LogP contribution < -0.4 is 0 Å². The largest absolute Gasteiger partial charge is 0.469 e. The lowest BCUT2D eigenvalue weighted by atomic mass is 9.99. The number of hydrogen-bond acceptors (Lipinski definition) is 4. The lowest BCUT2D eigenvalue weighted by molar-refractivity contribution is -0.124. The Balaban J connectivity index is 4.61. The number of aliphatic hydroxyl groups is 1. The first-order valence-corrected chi connectivity index (χ1v) is 6.86. The summed E-state index contributed by atoms with van der Waals surface area (Å²) < 4.78 is 14.5. The summed E-state index contributed by atoms with van der Waals surface area (Å²) in [6.45, 7) is 4.68. The molecule has 0 fully saturated rings. The molecule has 0 aromatic heterocycles. The van der Waals surface area contributed by atoms with E-state index in [1.807, 2.05) is 13.8 Å². The van der Waals surface area contributed by atoms with Gasteiger partial charge in [0.1, 0.15) is 6.10 Å². The van der Waals surface area contributed by atoms with Gasteiger partial charge in [0.15, 0.2) is 5.78 Å². The van der Waals surface area contributed by atoms with Crippen LogP contribution in [0.4, 0.5) is 0 Å². The first-order chi connectivity index (χ1) is 7.72. The third-order valence-electron chi connectivity index (χ3n) is 2.46. The van der Waals surface area contributed by atoms with Crippen molar-refractivity contribution in [2.75, 3.05) is 6.61 Å². The molecule has 0 aromatic carbocycles. The molecule has 0 radical (unpaired) electrons. The average Bonchev–Trinajstić information content (AvgIpc) is 2.25. The molecule has 7 heteroatoms. The number of aliphatic hydroxyl groups excluding tert-OH is 1. The molecule has 0 aliphatic heterocycles. The monoisotopic (exact) mass is 266 g/mol. The van der Waals surface area contributed by atoms with Gasteiger partial charge < -0.3 is 14.9 Å². The molecule has 0 saturated carbocycles. The number of ketones is 1. The smallest absolute Gasteiger partial charge is 0.382 e. The third kappa shape index (κ3) is 6.10. The molecule has 0 aliphatic carbocycles. The normalized spacial score (nSPS) is 13.3. The molecule has 100 valence electrons. The molecule has 0 saturated heterocycles. The summed E-state index contributed by atoms with van der Waals surface area (Å²) in [6, 6.07) is 0. The number of hydrogen-bond donors (Lipinski definition) is 3. The van der Waals surface area contributed by atoms with E-state index < -0.39 is 26.3 Å². The second kappa shape index (κ2) is 7.03. The van der Waals surface area contributed by atoms with Gasteiger partial charge in [-0.2, -0.15) is 0 Å². The Bertz CT molecular complexity index is 337. The molecule has 0 rings (SSSR count). The maximum absolute atomic E-state index is 11.7. The van der Waals surface area contributed by atoms with E-state index in [1.54, 1.807) is 6.92 Å². The molecule has 0 spiro atoms. The molecular weight excluding hydrogens is 247 g/mol. The van der Waals surface area contributed by atoms with E-state index in [0.29, 0.717) is 18.4 Å². The van der Waals surface area contributed by atoms with Crippen molar-refractivity contribution < 1.29 is 28.8 Å². The Morgan fingerprint density at radius 2 is 1.76 bits per heavy atom. The van der Waals surface area contributed by atoms with E-state index in [9.17, 15) is 14.5 Å². The zero-order valence-electron chi connectivity index (χ0n) is 10.2. The Morgan fingerprint density at radius 1 is 1.29 bits per heavy atom. The van der Waals surface area contributed by atoms with Crippen LogP contribution in [0.3, 0.4) is 0 Å². The van der Waals surface area contributed by atoms with Gasteiger partial charge in [0.05, 0.1) is 6.61 Å². The average molecular weight is 266 g/mol. The maximum atomic E-state index is 11.7. The fourth-order valence-electron chi connectivity index (χ4n) is 1.45. The molecule has 0 heterocycles. The molecule has 17 heavy (non-hydrogen) atoms. The zero-order valence-corrected chi connectivity index (χ0v) is 11.1. The van der Waals surface area contributed by atoms with Crippen LogP contribution in [0, 0.1) is 0 Å². The Labute approximate surface area is 101 Å². The molecule has 1 unspecified atom stereocenters. The predicted molar refractivity (Wildman–Crippen MR) is 62.3 cm³/mol. The first kappa shape index (κ1) is 16.5. The number of carbonyl (C=O) groups excluding carboxylic acids is 1. The molecule has 0 bridgehead atoms. The zero-order chi connectivity index (χ0) is 13.6. The first-order valence-electron chi connectivity index (χ1n) is 5.33. The number of phosphoric ester groups is 1. The molecule has 0 amide bonds. The lowest BCUT2D eigenvalue weighted by Gasteiger charge is -2.13. The summed E-state index contributed by atoms with van der Waals surface area (Å²) >= 11 is 0. The van der Waals surface area contributed by atoms with Crippen LogP contribution in [-0.2, 0) is 13.9 Å². The van der Waals surface area contributed by atoms with Crippen LogP contribution in [0.15, 0.2) is 11.1 Å². The third-order valence-corrected chi connectivity index (χ3v) is 2.94. The van der Waals surface area contributed by atoms with Crippen LogP contribution in [-0.4, -0.2) is 33.4 Å². The number of rotatable bonds is 7. The highest BCUT2D eigenvalue weighted by atomic mass is 31.2. The van der Waals surface area contributed by atoms with E-state index in [2.05, 4.69) is 4.52 Å². The van der Waals surface area contributed by atoms with Gasteiger partial charge in [0.2, 0.25) is 0 Å². The van der Waals surface area contributed by atoms with Crippen molar-refractivity contribution >= 4 is 13.6 Å². The fourth-order valence-corrected chi connectivity index (χ4v) is 1.78. The van der Waals surface area contributed by atoms with Crippen LogP contribution in [0.2, 0.25) is 0 Å². The number of phosphoric acid groups is 1. The molecule has 6 nitrogen and oxygen atoms in total. The lowest BCUT2D eigenvalue weighted by Crippen LogP contribution is -2.27. The Morgan fingerprint density at radius 3 is 2.12 bits per heavy atom. The van der Waals surface area contributed by atoms with Gasteiger partial charge in [-0.3, -0.25) is 9.32 Å². The van der Waals surface area contributed by atoms with Gasteiger partial charge in [-0.05, 0) is 25.3 Å². The van der Waals surface area contributed by atoms with Gasteiger partial charge in [-0.1, -0.05) is 19.4 Å². The van der Waals surface area contributed by atoms with Crippen LogP contribution in [0.25, 0.3) is 0 Å². The standard InChI is InChI=1S/C10H19O6P/c1-4-8(5-2)7(3)10(12)9(11)6-16-17(13,14)15/h9,11H,4-6H2,1-3H3,(H2,13,14,15). The SMILES string of the molecule is CCC(CC)=C(C)C(=O)C(O)COP(=O)(O)O. The van der Waals surface area contributed by atoms with Crippen molar-refractivity contribution in [3.05, 3.63) is 11.1 Å². The van der Waals surface area contributed by atoms with Crippen molar-refractivity contribution in [2.45, 2.75) is 39.7 Å². The van der Waals surface area contributed by atoms with Crippen LogP contribution in [0.1, 0.15) is 33.6 Å². The summed E-state index contributed by atoms with van der Waals surface area (Å²) in [4.78, 5) is 28.6. The quantitative estimate of drug-likeness (QED) is 0.472. The van der Waals surface area contributed by atoms with Gasteiger partial charge in [0, 0.05) is 0 Å². The summed E-state index contributed by atoms with van der Waals surface area (Å²) in [7, 11) is -4.66. The molecular formula is C10H19O6P. The van der Waals surface area contributed by atoms with Gasteiger partial charge >= 0.3 is 7.82 Å². The summed E-state index contributed by atoms with van der Waals surface area (Å²) in [5, 5.41) is 9.44. The second-order valence-corrected chi connectivity index (χ2v) is 4.84. The van der Waals surface area contributed by atoms with E-state index in [1.165, 1.54) is 0 Å². The van der Waals surface area contributed by atoms with Crippen molar-refractivity contribution in [2.24, 2.45) is 0 Å². The van der Waals surface area contributed by atoms with Gasteiger partial charge in [0.25, 0.3) is 0 Å². The minimum absolute atomic E-state index is 0.428. The fraction of sp³-hybridized carbons (Fsp3) is 0.700. The molecule has 0 aliphatic rings. The molecule has 0 aromatic rings. The highest BCUT2D eigenvalue weighted by Crippen LogP contribution is 2.35. The number of allylic oxidation sites excluding steroid dienone is 1. The molecule has 3 N–H and O–H groups in total. The second-order valence-electron chi connectivity index (χ2n) is 3.60. The van der Waals surface area contributed by atoms with Crippen LogP contribution >= 0.6 is 7.82 Å². The van der Waals surface area contributed by atoms with Gasteiger partial charge in [-0.25, -0.2) is 4.57 Å². The Hall–Kier alpha value is -0.520. The minimum Gasteiger partial charge on any atom is -0.382 e. The van der Waals surface area contributed by atoms with E-state index in [-0.39, 0.29) is 0 Å². The van der Waals surface area contributed by atoms with Crippen molar-refractivity contribution in [3.8, 4) is 0 Å². The highest BCUT2D eigenvalue weighted by molar-refractivity contribution is 7.46. The Kier molecular flexibility index (Phi) is 6.82. The van der Waals surface area contributed by atoms with Crippen LogP contribution in [0.5, 0.6) is 0 Å². The highest BCUT2D eigenvalue weighted by Gasteiger charge is 2.23. The van der Waals surface area contributed by atoms with Crippen molar-refractivity contribution in [3.63, 3.8) is 0 Å². The van der Waals surface area contributed by atoms with Gasteiger partial charge in [-0.15, -0.1) is 0 Å².